The molecule has 180 valence electrons. The minimum Gasteiger partial charge on any atom is -0.384 e. The molecule has 4 aromatic rings. The van der Waals surface area contributed by atoms with Crippen LogP contribution >= 0.6 is 34.8 Å². The van der Waals surface area contributed by atoms with Gasteiger partial charge in [-0.1, -0.05) is 83.3 Å². The van der Waals surface area contributed by atoms with E-state index in [2.05, 4.69) is 4.90 Å². The van der Waals surface area contributed by atoms with E-state index in [1.807, 2.05) is 87.0 Å². The van der Waals surface area contributed by atoms with Gasteiger partial charge in [0.2, 0.25) is 0 Å². The Balaban J connectivity index is 1.85. The molecule has 1 N–H and O–H groups in total. The maximum atomic E-state index is 12.5. The van der Waals surface area contributed by atoms with E-state index in [9.17, 15) is 5.11 Å². The van der Waals surface area contributed by atoms with Crippen LogP contribution in [0.25, 0.3) is 11.1 Å². The van der Waals surface area contributed by atoms with E-state index in [0.717, 1.165) is 22.4 Å². The summed E-state index contributed by atoms with van der Waals surface area (Å²) in [4.78, 5) is 6.90. The second-order valence-corrected chi connectivity index (χ2v) is 10.3. The molecule has 35 heavy (non-hydrogen) atoms. The van der Waals surface area contributed by atoms with Gasteiger partial charge < -0.3 is 10.0 Å². The predicted molar refractivity (Wildman–Crippen MR) is 146 cm³/mol. The van der Waals surface area contributed by atoms with Gasteiger partial charge in [-0.2, -0.15) is 0 Å². The first-order valence-electron chi connectivity index (χ1n) is 11.4. The van der Waals surface area contributed by atoms with Gasteiger partial charge in [0.05, 0.1) is 11.6 Å². The Kier molecular flexibility index (Phi) is 8.16. The van der Waals surface area contributed by atoms with Crippen LogP contribution in [0.3, 0.4) is 0 Å². The average Bonchev–Trinajstić information content (AvgIpc) is 2.84. The molecule has 1 heterocycles. The third-order valence-corrected chi connectivity index (χ3v) is 6.86. The zero-order valence-corrected chi connectivity index (χ0v) is 21.9. The van der Waals surface area contributed by atoms with E-state index in [1.165, 1.54) is 0 Å². The summed E-state index contributed by atoms with van der Waals surface area (Å²) in [6.45, 7) is 0.660. The minimum absolute atomic E-state index is 0.447. The van der Waals surface area contributed by atoms with Crippen molar-refractivity contribution < 1.29 is 5.11 Å². The molecule has 0 radical (unpaired) electrons. The van der Waals surface area contributed by atoms with Crippen LogP contribution in [0.1, 0.15) is 29.2 Å². The standard InChI is InChI=1S/C29H27Cl3N2O/c1-34(2)15-14-29(35,23-16-25(31)18-26(32)17-23)28(21-6-4-3-5-7-21)27-13-10-22(19-33-27)20-8-11-24(30)12-9-20/h3-13,16-19,28,35H,14-15H2,1-2H3. The molecule has 2 atom stereocenters. The Labute approximate surface area is 221 Å². The molecule has 3 aromatic carbocycles. The molecule has 3 nitrogen and oxygen atoms in total. The van der Waals surface area contributed by atoms with Crippen LogP contribution in [0.15, 0.2) is 91.1 Å². The quantitative estimate of drug-likeness (QED) is 0.256. The van der Waals surface area contributed by atoms with Crippen LogP contribution in [0.2, 0.25) is 15.1 Å². The topological polar surface area (TPSA) is 36.4 Å². The number of aliphatic hydroxyl groups is 1. The lowest BCUT2D eigenvalue weighted by Crippen LogP contribution is -2.38. The zero-order valence-electron chi connectivity index (χ0n) is 19.6. The molecule has 0 aliphatic carbocycles. The van der Waals surface area contributed by atoms with Gasteiger partial charge in [0.1, 0.15) is 5.60 Å². The van der Waals surface area contributed by atoms with Crippen molar-refractivity contribution >= 4 is 34.8 Å². The van der Waals surface area contributed by atoms with Crippen molar-refractivity contribution in [2.24, 2.45) is 0 Å². The van der Waals surface area contributed by atoms with E-state index in [4.69, 9.17) is 39.8 Å². The van der Waals surface area contributed by atoms with E-state index in [0.29, 0.717) is 33.6 Å². The molecule has 0 aliphatic heterocycles. The molecule has 6 heteroatoms. The second kappa shape index (κ2) is 11.1. The lowest BCUT2D eigenvalue weighted by atomic mass is 9.73. The first kappa shape index (κ1) is 25.7. The monoisotopic (exact) mass is 524 g/mol. The Bertz CT molecular complexity index is 1240. The third-order valence-electron chi connectivity index (χ3n) is 6.17. The molecule has 0 saturated carbocycles. The summed E-state index contributed by atoms with van der Waals surface area (Å²) in [5.41, 5.74) is 3.06. The van der Waals surface area contributed by atoms with Crippen molar-refractivity contribution in [1.82, 2.24) is 9.88 Å². The highest BCUT2D eigenvalue weighted by Gasteiger charge is 2.41. The van der Waals surface area contributed by atoms with Crippen molar-refractivity contribution in [2.75, 3.05) is 20.6 Å². The largest absolute Gasteiger partial charge is 0.384 e. The predicted octanol–water partition coefficient (Wildman–Crippen LogP) is 7.68. The van der Waals surface area contributed by atoms with E-state index in [-0.39, 0.29) is 0 Å². The van der Waals surface area contributed by atoms with Crippen molar-refractivity contribution in [3.63, 3.8) is 0 Å². The van der Waals surface area contributed by atoms with Crippen molar-refractivity contribution in [2.45, 2.75) is 17.9 Å². The van der Waals surface area contributed by atoms with E-state index >= 15 is 0 Å². The van der Waals surface area contributed by atoms with Crippen molar-refractivity contribution in [3.05, 3.63) is 123 Å². The molecular weight excluding hydrogens is 499 g/mol. The Hall–Kier alpha value is -2.40. The molecule has 4 rings (SSSR count). The van der Waals surface area contributed by atoms with Crippen LogP contribution in [0.4, 0.5) is 0 Å². The Morgan fingerprint density at radius 1 is 0.800 bits per heavy atom. The minimum atomic E-state index is -1.31. The fourth-order valence-corrected chi connectivity index (χ4v) is 5.03. The number of nitrogens with zero attached hydrogens (tertiary/aromatic N) is 2. The number of hydrogen-bond donors (Lipinski definition) is 1. The van der Waals surface area contributed by atoms with Gasteiger partial charge in [0, 0.05) is 33.4 Å². The molecule has 0 bridgehead atoms. The first-order chi connectivity index (χ1) is 16.8. The number of hydrogen-bond acceptors (Lipinski definition) is 3. The number of aromatic nitrogens is 1. The molecular formula is C29H27Cl3N2O. The molecule has 0 spiro atoms. The molecule has 0 fully saturated rings. The molecule has 0 aliphatic rings. The SMILES string of the molecule is CN(C)CCC(O)(c1cc(Cl)cc(Cl)c1)C(c1ccccc1)c1ccc(-c2ccc(Cl)cc2)cn1. The maximum Gasteiger partial charge on any atom is 0.103 e. The van der Waals surface area contributed by atoms with E-state index in [1.54, 1.807) is 18.2 Å². The van der Waals surface area contributed by atoms with Gasteiger partial charge >= 0.3 is 0 Å². The third kappa shape index (κ3) is 6.06. The van der Waals surface area contributed by atoms with Gasteiger partial charge in [0.15, 0.2) is 0 Å². The fraction of sp³-hybridized carbons (Fsp3) is 0.207. The fourth-order valence-electron chi connectivity index (χ4n) is 4.38. The summed E-state index contributed by atoms with van der Waals surface area (Å²) in [6, 6.07) is 26.9. The maximum absolute atomic E-state index is 12.5. The van der Waals surface area contributed by atoms with Gasteiger partial charge in [-0.05, 0) is 73.6 Å². The first-order valence-corrected chi connectivity index (χ1v) is 12.5. The molecule has 0 amide bonds. The van der Waals surface area contributed by atoms with Crippen LogP contribution in [0, 0.1) is 0 Å². The summed E-state index contributed by atoms with van der Waals surface area (Å²) in [7, 11) is 3.98. The van der Waals surface area contributed by atoms with Crippen molar-refractivity contribution in [1.29, 1.82) is 0 Å². The van der Waals surface area contributed by atoms with Crippen LogP contribution in [-0.2, 0) is 5.60 Å². The number of pyridine rings is 1. The average molecular weight is 526 g/mol. The number of halogens is 3. The lowest BCUT2D eigenvalue weighted by molar-refractivity contribution is 0.00341. The Morgan fingerprint density at radius 2 is 1.43 bits per heavy atom. The van der Waals surface area contributed by atoms with Crippen LogP contribution < -0.4 is 0 Å². The van der Waals surface area contributed by atoms with Gasteiger partial charge in [-0.25, -0.2) is 0 Å². The van der Waals surface area contributed by atoms with Gasteiger partial charge in [0.25, 0.3) is 0 Å². The molecule has 1 aromatic heterocycles. The molecule has 0 saturated heterocycles. The second-order valence-electron chi connectivity index (χ2n) is 8.96. The summed E-state index contributed by atoms with van der Waals surface area (Å²) in [6.07, 6.45) is 2.29. The summed E-state index contributed by atoms with van der Waals surface area (Å²) < 4.78 is 0. The van der Waals surface area contributed by atoms with Gasteiger partial charge in [-0.15, -0.1) is 0 Å². The van der Waals surface area contributed by atoms with Gasteiger partial charge in [-0.3, -0.25) is 4.98 Å². The van der Waals surface area contributed by atoms with E-state index < -0.39 is 11.5 Å². The molecule has 2 unspecified atom stereocenters. The van der Waals surface area contributed by atoms with Crippen LogP contribution in [0.5, 0.6) is 0 Å². The zero-order chi connectivity index (χ0) is 25.0. The summed E-state index contributed by atoms with van der Waals surface area (Å²) in [5.74, 6) is -0.447. The van der Waals surface area contributed by atoms with Crippen LogP contribution in [-0.4, -0.2) is 35.6 Å². The smallest absolute Gasteiger partial charge is 0.103 e. The summed E-state index contributed by atoms with van der Waals surface area (Å²) in [5, 5.41) is 14.1. The number of benzene rings is 3. The lowest BCUT2D eigenvalue weighted by Gasteiger charge is -2.38. The number of rotatable bonds is 8. The normalized spacial score (nSPS) is 14.0. The summed E-state index contributed by atoms with van der Waals surface area (Å²) >= 11 is 18.8. The highest BCUT2D eigenvalue weighted by Crippen LogP contribution is 2.45. The highest BCUT2D eigenvalue weighted by atomic mass is 35.5. The highest BCUT2D eigenvalue weighted by molar-refractivity contribution is 6.34. The van der Waals surface area contributed by atoms with Crippen molar-refractivity contribution in [3.8, 4) is 11.1 Å². The Morgan fingerprint density at radius 3 is 2.00 bits per heavy atom.